The maximum absolute atomic E-state index is 13.5. The van der Waals surface area contributed by atoms with E-state index in [4.69, 9.17) is 0 Å². The summed E-state index contributed by atoms with van der Waals surface area (Å²) >= 11 is 0. The molecule has 0 spiro atoms. The first-order valence-electron chi connectivity index (χ1n) is 10.3. The number of hydrazone groups is 1. The highest BCUT2D eigenvalue weighted by molar-refractivity contribution is 6.05. The number of hydrogen-bond donors (Lipinski definition) is 1. The molecular weight excluding hydrogens is 400 g/mol. The molecule has 1 aliphatic rings. The van der Waals surface area contributed by atoms with Gasteiger partial charge in [0.1, 0.15) is 5.75 Å². The molecule has 2 aromatic carbocycles. The number of phenolic OH excluding ortho intramolecular Hbond substituents is 1. The second-order valence-electron chi connectivity index (χ2n) is 7.51. The van der Waals surface area contributed by atoms with Crippen LogP contribution in [-0.4, -0.2) is 31.7 Å². The molecule has 3 heterocycles. The van der Waals surface area contributed by atoms with Crippen LogP contribution in [0.2, 0.25) is 0 Å². The van der Waals surface area contributed by atoms with Crippen LogP contribution in [0.25, 0.3) is 11.3 Å². The molecule has 0 bridgehead atoms. The molecule has 4 aromatic rings. The first-order chi connectivity index (χ1) is 15.7. The second kappa shape index (κ2) is 8.43. The summed E-state index contributed by atoms with van der Waals surface area (Å²) in [4.78, 5) is 22.0. The van der Waals surface area contributed by atoms with E-state index in [1.807, 2.05) is 54.6 Å². The van der Waals surface area contributed by atoms with Gasteiger partial charge in [0.15, 0.2) is 0 Å². The van der Waals surface area contributed by atoms with Crippen LogP contribution in [0, 0.1) is 0 Å². The number of benzene rings is 2. The quantitative estimate of drug-likeness (QED) is 0.512. The van der Waals surface area contributed by atoms with Gasteiger partial charge in [-0.1, -0.05) is 42.5 Å². The van der Waals surface area contributed by atoms with E-state index >= 15 is 0 Å². The van der Waals surface area contributed by atoms with Crippen LogP contribution in [0.4, 0.5) is 0 Å². The highest BCUT2D eigenvalue weighted by Crippen LogP contribution is 2.37. The van der Waals surface area contributed by atoms with Crippen LogP contribution in [0.15, 0.2) is 103 Å². The maximum Gasteiger partial charge on any atom is 0.274 e. The Hall–Kier alpha value is -4.32. The van der Waals surface area contributed by atoms with Gasteiger partial charge in [-0.15, -0.1) is 0 Å². The molecule has 5 rings (SSSR count). The first-order valence-corrected chi connectivity index (χ1v) is 10.3. The summed E-state index contributed by atoms with van der Waals surface area (Å²) in [6.07, 6.45) is 5.66. The summed E-state index contributed by atoms with van der Waals surface area (Å²) in [5, 5.41) is 16.6. The van der Waals surface area contributed by atoms with Crippen molar-refractivity contribution >= 4 is 11.6 Å². The van der Waals surface area contributed by atoms with Gasteiger partial charge in [-0.05, 0) is 36.4 Å². The number of carbonyl (C=O) groups is 1. The zero-order valence-electron chi connectivity index (χ0n) is 17.2. The van der Waals surface area contributed by atoms with Crippen molar-refractivity contribution in [2.75, 3.05) is 0 Å². The molecule has 6 nitrogen and oxygen atoms in total. The van der Waals surface area contributed by atoms with Gasteiger partial charge >= 0.3 is 0 Å². The summed E-state index contributed by atoms with van der Waals surface area (Å²) in [6.45, 7) is 0. The minimum absolute atomic E-state index is 0.142. The summed E-state index contributed by atoms with van der Waals surface area (Å²) < 4.78 is 0. The van der Waals surface area contributed by atoms with Crippen LogP contribution >= 0.6 is 0 Å². The van der Waals surface area contributed by atoms with E-state index in [2.05, 4.69) is 15.1 Å². The Morgan fingerprint density at radius 3 is 2.41 bits per heavy atom. The largest absolute Gasteiger partial charge is 0.508 e. The van der Waals surface area contributed by atoms with E-state index in [0.717, 1.165) is 22.5 Å². The van der Waals surface area contributed by atoms with Crippen LogP contribution in [0.5, 0.6) is 5.75 Å². The lowest BCUT2D eigenvalue weighted by atomic mass is 9.98. The van der Waals surface area contributed by atoms with Crippen molar-refractivity contribution in [2.45, 2.75) is 12.5 Å². The van der Waals surface area contributed by atoms with Crippen molar-refractivity contribution in [3.05, 3.63) is 114 Å². The number of carbonyl (C=O) groups excluding carboxylic acids is 1. The summed E-state index contributed by atoms with van der Waals surface area (Å²) in [7, 11) is 0. The van der Waals surface area contributed by atoms with Crippen LogP contribution < -0.4 is 0 Å². The number of aromatic nitrogens is 2. The Balaban J connectivity index is 1.50. The first kappa shape index (κ1) is 19.6. The zero-order chi connectivity index (χ0) is 21.9. The molecule has 0 saturated heterocycles. The van der Waals surface area contributed by atoms with Gasteiger partial charge in [0.05, 0.1) is 17.4 Å². The fraction of sp³-hybridized carbons (Fsp3) is 0.0769. The minimum atomic E-state index is -0.408. The summed E-state index contributed by atoms with van der Waals surface area (Å²) in [5.74, 6) is -0.0897. The number of pyridine rings is 2. The summed E-state index contributed by atoms with van der Waals surface area (Å²) in [6, 6.07) is 23.5. The van der Waals surface area contributed by atoms with Gasteiger partial charge in [0, 0.05) is 47.3 Å². The Labute approximate surface area is 185 Å². The predicted molar refractivity (Wildman–Crippen MR) is 122 cm³/mol. The Kier molecular flexibility index (Phi) is 5.17. The molecule has 156 valence electrons. The lowest BCUT2D eigenvalue weighted by Gasteiger charge is -2.23. The van der Waals surface area contributed by atoms with Crippen LogP contribution in [-0.2, 0) is 0 Å². The van der Waals surface area contributed by atoms with Crippen molar-refractivity contribution in [1.82, 2.24) is 15.0 Å². The molecule has 0 saturated carbocycles. The number of nitrogens with zero attached hydrogens (tertiary/aromatic N) is 4. The third-order valence-electron chi connectivity index (χ3n) is 5.50. The maximum atomic E-state index is 13.5. The molecule has 6 heteroatoms. The monoisotopic (exact) mass is 420 g/mol. The second-order valence-corrected chi connectivity index (χ2v) is 7.51. The molecule has 2 aromatic heterocycles. The van der Waals surface area contributed by atoms with Gasteiger partial charge in [0.25, 0.3) is 5.91 Å². The summed E-state index contributed by atoms with van der Waals surface area (Å²) in [5.41, 5.74) is 4.56. The highest BCUT2D eigenvalue weighted by Gasteiger charge is 2.35. The van der Waals surface area contributed by atoms with Gasteiger partial charge in [-0.25, -0.2) is 5.01 Å². The number of rotatable bonds is 4. The normalized spacial score (nSPS) is 15.4. The van der Waals surface area contributed by atoms with E-state index in [9.17, 15) is 9.90 Å². The lowest BCUT2D eigenvalue weighted by Crippen LogP contribution is -2.27. The SMILES string of the molecule is O=C(c1ccc(-c2ccccn2)cc1)N1N=C(c2cccnc2)CC1c1ccccc1O. The van der Waals surface area contributed by atoms with Crippen molar-refractivity contribution in [3.63, 3.8) is 0 Å². The van der Waals surface area contributed by atoms with Gasteiger partial charge in [-0.2, -0.15) is 5.10 Å². The van der Waals surface area contributed by atoms with E-state index in [0.29, 0.717) is 17.5 Å². The molecule has 1 N–H and O–H groups in total. The predicted octanol–water partition coefficient (Wildman–Crippen LogP) is 4.84. The molecule has 0 radical (unpaired) electrons. The Morgan fingerprint density at radius 2 is 1.69 bits per heavy atom. The van der Waals surface area contributed by atoms with Gasteiger partial charge < -0.3 is 5.11 Å². The van der Waals surface area contributed by atoms with E-state index < -0.39 is 6.04 Å². The molecule has 1 unspecified atom stereocenters. The molecule has 1 atom stereocenters. The van der Waals surface area contributed by atoms with Crippen LogP contribution in [0.1, 0.15) is 33.9 Å². The van der Waals surface area contributed by atoms with Crippen molar-refractivity contribution in [1.29, 1.82) is 0 Å². The topological polar surface area (TPSA) is 78.7 Å². The van der Waals surface area contributed by atoms with Crippen molar-refractivity contribution in [2.24, 2.45) is 5.10 Å². The van der Waals surface area contributed by atoms with Crippen LogP contribution in [0.3, 0.4) is 0 Å². The Bertz CT molecular complexity index is 1270. The number of phenols is 1. The number of aromatic hydroxyl groups is 1. The van der Waals surface area contributed by atoms with Crippen molar-refractivity contribution < 1.29 is 9.90 Å². The number of amides is 1. The minimum Gasteiger partial charge on any atom is -0.508 e. The molecule has 1 aliphatic heterocycles. The zero-order valence-corrected chi connectivity index (χ0v) is 17.2. The average molecular weight is 420 g/mol. The van der Waals surface area contributed by atoms with E-state index in [1.54, 1.807) is 42.9 Å². The lowest BCUT2D eigenvalue weighted by molar-refractivity contribution is 0.0709. The smallest absolute Gasteiger partial charge is 0.274 e. The molecule has 1 amide bonds. The standard InChI is InChI=1S/C26H20N4O2/c31-25-9-2-1-7-21(25)24-16-23(20-6-5-14-27-17-20)29-30(24)26(32)19-12-10-18(11-13-19)22-8-3-4-15-28-22/h1-15,17,24,31H,16H2. The van der Waals surface area contributed by atoms with Gasteiger partial charge in [-0.3, -0.25) is 14.8 Å². The Morgan fingerprint density at radius 1 is 0.875 bits per heavy atom. The highest BCUT2D eigenvalue weighted by atomic mass is 16.3. The fourth-order valence-electron chi connectivity index (χ4n) is 3.87. The molecule has 0 aliphatic carbocycles. The third-order valence-corrected chi connectivity index (χ3v) is 5.50. The van der Waals surface area contributed by atoms with E-state index in [-0.39, 0.29) is 11.7 Å². The van der Waals surface area contributed by atoms with Crippen molar-refractivity contribution in [3.8, 4) is 17.0 Å². The molecule has 0 fully saturated rings. The van der Waals surface area contributed by atoms with Gasteiger partial charge in [0.2, 0.25) is 0 Å². The third kappa shape index (κ3) is 3.74. The van der Waals surface area contributed by atoms with E-state index in [1.165, 1.54) is 5.01 Å². The molecular formula is C26H20N4O2. The average Bonchev–Trinajstić information content (AvgIpc) is 3.30. The molecule has 32 heavy (non-hydrogen) atoms. The number of para-hydroxylation sites is 1. The fourth-order valence-corrected chi connectivity index (χ4v) is 3.87. The number of hydrogen-bond acceptors (Lipinski definition) is 5.